The SMILES string of the molecule is CC(C)(C)C1CCC(N)C(Oc2ccc3c(c2)CCC3)C1. The molecule has 1 fully saturated rings. The van der Waals surface area contributed by atoms with E-state index >= 15 is 0 Å². The van der Waals surface area contributed by atoms with Crippen molar-refractivity contribution < 1.29 is 4.74 Å². The molecule has 3 unspecified atom stereocenters. The molecule has 21 heavy (non-hydrogen) atoms. The number of nitrogens with two attached hydrogens (primary N) is 1. The van der Waals surface area contributed by atoms with Crippen LogP contribution in [0.15, 0.2) is 18.2 Å². The topological polar surface area (TPSA) is 35.2 Å². The third-order valence-corrected chi connectivity index (χ3v) is 5.42. The Kier molecular flexibility index (Phi) is 4.00. The zero-order valence-electron chi connectivity index (χ0n) is 13.7. The molecule has 1 aromatic carbocycles. The van der Waals surface area contributed by atoms with Gasteiger partial charge in [0.2, 0.25) is 0 Å². The van der Waals surface area contributed by atoms with Crippen molar-refractivity contribution in [2.75, 3.05) is 0 Å². The summed E-state index contributed by atoms with van der Waals surface area (Å²) in [7, 11) is 0. The summed E-state index contributed by atoms with van der Waals surface area (Å²) in [4.78, 5) is 0. The number of rotatable bonds is 2. The van der Waals surface area contributed by atoms with Crippen molar-refractivity contribution >= 4 is 0 Å². The number of ether oxygens (including phenoxy) is 1. The molecule has 0 spiro atoms. The van der Waals surface area contributed by atoms with Gasteiger partial charge in [-0.15, -0.1) is 0 Å². The Balaban J connectivity index is 1.70. The summed E-state index contributed by atoms with van der Waals surface area (Å²) in [5.74, 6) is 1.72. The summed E-state index contributed by atoms with van der Waals surface area (Å²) < 4.78 is 6.29. The fourth-order valence-electron chi connectivity index (χ4n) is 3.87. The van der Waals surface area contributed by atoms with E-state index in [9.17, 15) is 0 Å². The van der Waals surface area contributed by atoms with Crippen molar-refractivity contribution in [2.24, 2.45) is 17.1 Å². The van der Waals surface area contributed by atoms with E-state index in [0.717, 1.165) is 18.6 Å². The average molecular weight is 287 g/mol. The fourth-order valence-corrected chi connectivity index (χ4v) is 3.87. The van der Waals surface area contributed by atoms with E-state index in [1.807, 2.05) is 0 Å². The Hall–Kier alpha value is -1.02. The highest BCUT2D eigenvalue weighted by molar-refractivity contribution is 5.38. The summed E-state index contributed by atoms with van der Waals surface area (Å²) in [5.41, 5.74) is 9.65. The lowest BCUT2D eigenvalue weighted by molar-refractivity contribution is 0.0591. The fraction of sp³-hybridized carbons (Fsp3) is 0.684. The van der Waals surface area contributed by atoms with Crippen LogP contribution in [0.5, 0.6) is 5.75 Å². The van der Waals surface area contributed by atoms with Gasteiger partial charge < -0.3 is 10.5 Å². The van der Waals surface area contributed by atoms with Gasteiger partial charge in [0, 0.05) is 6.04 Å². The van der Waals surface area contributed by atoms with Crippen LogP contribution in [0.2, 0.25) is 0 Å². The van der Waals surface area contributed by atoms with Gasteiger partial charge in [-0.25, -0.2) is 0 Å². The highest BCUT2D eigenvalue weighted by Crippen LogP contribution is 2.39. The van der Waals surface area contributed by atoms with Crippen molar-refractivity contribution in [1.29, 1.82) is 0 Å². The molecule has 1 saturated carbocycles. The Morgan fingerprint density at radius 1 is 1.10 bits per heavy atom. The minimum atomic E-state index is 0.169. The lowest BCUT2D eigenvalue weighted by atomic mass is 9.70. The standard InChI is InChI=1S/C19H29NO/c1-19(2,3)15-8-10-17(20)18(12-15)21-16-9-7-13-5-4-6-14(13)11-16/h7,9,11,15,17-18H,4-6,8,10,12,20H2,1-3H3. The van der Waals surface area contributed by atoms with E-state index in [1.54, 1.807) is 0 Å². The predicted octanol–water partition coefficient (Wildman–Crippen LogP) is 4.10. The molecule has 1 aromatic rings. The van der Waals surface area contributed by atoms with Gasteiger partial charge in [0.25, 0.3) is 0 Å². The van der Waals surface area contributed by atoms with Gasteiger partial charge >= 0.3 is 0 Å². The zero-order chi connectivity index (χ0) is 15.0. The maximum Gasteiger partial charge on any atom is 0.120 e. The summed E-state index contributed by atoms with van der Waals surface area (Å²) in [6.45, 7) is 7.00. The Morgan fingerprint density at radius 2 is 1.86 bits per heavy atom. The summed E-state index contributed by atoms with van der Waals surface area (Å²) in [6.07, 6.45) is 7.28. The molecule has 0 bridgehead atoms. The molecule has 2 nitrogen and oxygen atoms in total. The van der Waals surface area contributed by atoms with Crippen LogP contribution < -0.4 is 10.5 Å². The molecule has 2 heteroatoms. The number of hydrogen-bond donors (Lipinski definition) is 1. The third kappa shape index (κ3) is 3.26. The van der Waals surface area contributed by atoms with E-state index in [2.05, 4.69) is 39.0 Å². The first kappa shape index (κ1) is 14.9. The molecule has 2 aliphatic rings. The number of fused-ring (bicyclic) bond motifs is 1. The van der Waals surface area contributed by atoms with E-state index in [4.69, 9.17) is 10.5 Å². The van der Waals surface area contributed by atoms with Gasteiger partial charge in [-0.2, -0.15) is 0 Å². The molecule has 0 amide bonds. The first-order valence-electron chi connectivity index (χ1n) is 8.47. The minimum absolute atomic E-state index is 0.169. The molecule has 2 N–H and O–H groups in total. The molecule has 0 aliphatic heterocycles. The molecule has 116 valence electrons. The van der Waals surface area contributed by atoms with Crippen LogP contribution in [-0.2, 0) is 12.8 Å². The summed E-state index contributed by atoms with van der Waals surface area (Å²) >= 11 is 0. The Bertz CT molecular complexity index is 503. The average Bonchev–Trinajstić information content (AvgIpc) is 2.87. The summed E-state index contributed by atoms with van der Waals surface area (Å²) in [6, 6.07) is 6.80. The largest absolute Gasteiger partial charge is 0.489 e. The van der Waals surface area contributed by atoms with Crippen LogP contribution in [0.3, 0.4) is 0 Å². The van der Waals surface area contributed by atoms with Crippen molar-refractivity contribution in [1.82, 2.24) is 0 Å². The lowest BCUT2D eigenvalue weighted by Crippen LogP contribution is -2.46. The van der Waals surface area contributed by atoms with E-state index in [-0.39, 0.29) is 12.1 Å². The van der Waals surface area contributed by atoms with Crippen molar-refractivity contribution in [3.05, 3.63) is 29.3 Å². The normalized spacial score (nSPS) is 29.2. The number of benzene rings is 1. The van der Waals surface area contributed by atoms with Gasteiger partial charge in [0.15, 0.2) is 0 Å². The number of aryl methyl sites for hydroxylation is 2. The van der Waals surface area contributed by atoms with Crippen LogP contribution in [0.4, 0.5) is 0 Å². The van der Waals surface area contributed by atoms with E-state index in [0.29, 0.717) is 11.3 Å². The van der Waals surface area contributed by atoms with E-state index in [1.165, 1.54) is 36.8 Å². The predicted molar refractivity (Wildman–Crippen MR) is 87.7 cm³/mol. The molecule has 0 saturated heterocycles. The first-order valence-corrected chi connectivity index (χ1v) is 8.47. The van der Waals surface area contributed by atoms with Crippen molar-refractivity contribution in [2.45, 2.75) is 71.4 Å². The molecule has 3 rings (SSSR count). The van der Waals surface area contributed by atoms with Gasteiger partial charge in [0.1, 0.15) is 11.9 Å². The highest BCUT2D eigenvalue weighted by atomic mass is 16.5. The maximum atomic E-state index is 6.32. The quantitative estimate of drug-likeness (QED) is 0.889. The molecular formula is C19H29NO. The van der Waals surface area contributed by atoms with Gasteiger partial charge in [0.05, 0.1) is 0 Å². The van der Waals surface area contributed by atoms with E-state index < -0.39 is 0 Å². The summed E-state index contributed by atoms with van der Waals surface area (Å²) in [5, 5.41) is 0. The monoisotopic (exact) mass is 287 g/mol. The molecule has 0 heterocycles. The maximum absolute atomic E-state index is 6.32. The molecule has 0 radical (unpaired) electrons. The Labute approximate surface area is 129 Å². The van der Waals surface area contributed by atoms with Crippen LogP contribution in [0, 0.1) is 11.3 Å². The second-order valence-corrected chi connectivity index (χ2v) is 7.98. The molecular weight excluding hydrogens is 258 g/mol. The molecule has 0 aromatic heterocycles. The smallest absolute Gasteiger partial charge is 0.120 e. The second kappa shape index (κ2) is 5.64. The highest BCUT2D eigenvalue weighted by Gasteiger charge is 2.35. The lowest BCUT2D eigenvalue weighted by Gasteiger charge is -2.40. The number of hydrogen-bond acceptors (Lipinski definition) is 2. The van der Waals surface area contributed by atoms with Crippen LogP contribution in [0.1, 0.15) is 57.6 Å². The van der Waals surface area contributed by atoms with Crippen molar-refractivity contribution in [3.63, 3.8) is 0 Å². The van der Waals surface area contributed by atoms with Crippen LogP contribution >= 0.6 is 0 Å². The van der Waals surface area contributed by atoms with Crippen molar-refractivity contribution in [3.8, 4) is 5.75 Å². The third-order valence-electron chi connectivity index (χ3n) is 5.42. The van der Waals surface area contributed by atoms with Crippen LogP contribution in [0.25, 0.3) is 0 Å². The second-order valence-electron chi connectivity index (χ2n) is 7.98. The minimum Gasteiger partial charge on any atom is -0.489 e. The zero-order valence-corrected chi connectivity index (χ0v) is 13.7. The van der Waals surface area contributed by atoms with Gasteiger partial charge in [-0.3, -0.25) is 0 Å². The Morgan fingerprint density at radius 3 is 2.62 bits per heavy atom. The van der Waals surface area contributed by atoms with Crippen LogP contribution in [-0.4, -0.2) is 12.1 Å². The molecule has 3 atom stereocenters. The molecule has 2 aliphatic carbocycles. The van der Waals surface area contributed by atoms with Gasteiger partial charge in [-0.1, -0.05) is 26.8 Å². The van der Waals surface area contributed by atoms with Gasteiger partial charge in [-0.05, 0) is 73.1 Å². The first-order chi connectivity index (χ1) is 9.93.